The van der Waals surface area contributed by atoms with Crippen LogP contribution in [-0.4, -0.2) is 0 Å². The van der Waals surface area contributed by atoms with Crippen LogP contribution in [0.2, 0.25) is 0 Å². The summed E-state index contributed by atoms with van der Waals surface area (Å²) >= 11 is 0. The van der Waals surface area contributed by atoms with Crippen LogP contribution in [0, 0.1) is 0 Å². The first-order valence-electron chi connectivity index (χ1n) is 17.8. The Balaban J connectivity index is 1.87. The molecule has 0 saturated heterocycles. The summed E-state index contributed by atoms with van der Waals surface area (Å²) in [5.41, 5.74) is 3.36. The van der Waals surface area contributed by atoms with Gasteiger partial charge in [0.1, 0.15) is 0 Å². The van der Waals surface area contributed by atoms with Crippen LogP contribution in [-0.2, 0) is 30.8 Å². The van der Waals surface area contributed by atoms with Gasteiger partial charge in [0, 0.05) is 31.8 Å². The summed E-state index contributed by atoms with van der Waals surface area (Å²) in [4.78, 5) is 0. The van der Waals surface area contributed by atoms with Gasteiger partial charge in [-0.15, -0.1) is 0 Å². The van der Waals surface area contributed by atoms with E-state index in [-0.39, 0.29) is 21.7 Å². The first-order valence-corrected chi connectivity index (χ1v) is 21.3. The van der Waals surface area contributed by atoms with Crippen LogP contribution in [0.4, 0.5) is 0 Å². The van der Waals surface area contributed by atoms with E-state index in [1.165, 1.54) is 0 Å². The average Bonchev–Trinajstić information content (AvgIpc) is 3.06. The molecule has 0 heterocycles. The van der Waals surface area contributed by atoms with Gasteiger partial charge < -0.3 is 9.13 Å². The van der Waals surface area contributed by atoms with Crippen molar-refractivity contribution in [2.45, 2.75) is 105 Å². The normalized spacial score (nSPS) is 13.4. The molecule has 0 saturated carbocycles. The Hall–Kier alpha value is -3.44. The summed E-state index contributed by atoms with van der Waals surface area (Å²) in [6.45, 7) is 26.2. The van der Waals surface area contributed by atoms with Crippen molar-refractivity contribution < 1.29 is 9.13 Å². The summed E-state index contributed by atoms with van der Waals surface area (Å²) in [6, 6.07) is 40.9. The molecule has 0 spiro atoms. The molecule has 0 amide bonds. The molecule has 0 radical (unpaired) electrons. The zero-order valence-corrected chi connectivity index (χ0v) is 34.0. The third-order valence-electron chi connectivity index (χ3n) is 9.78. The van der Waals surface area contributed by atoms with Gasteiger partial charge in [-0.25, -0.2) is 0 Å². The molecule has 262 valence electrons. The van der Waals surface area contributed by atoms with Gasteiger partial charge in [0.15, 0.2) is 14.3 Å². The largest absolute Gasteiger partial charge is 0.309 e. The van der Waals surface area contributed by atoms with Gasteiger partial charge in [-0.1, -0.05) is 204 Å². The van der Waals surface area contributed by atoms with Crippen LogP contribution in [0.5, 0.6) is 0 Å². The Morgan fingerprint density at radius 3 is 0.660 bits per heavy atom. The summed E-state index contributed by atoms with van der Waals surface area (Å²) in [5.74, 6) is 0. The van der Waals surface area contributed by atoms with E-state index in [9.17, 15) is 0 Å². The van der Waals surface area contributed by atoms with E-state index in [4.69, 9.17) is 0 Å². The number of rotatable bonds is 6. The monoisotopic (exact) mass is 702 g/mol. The fourth-order valence-corrected chi connectivity index (χ4v) is 14.2. The molecular formula is C46H56O2P2. The lowest BCUT2D eigenvalue weighted by molar-refractivity contribution is 0.578. The third kappa shape index (κ3) is 6.92. The van der Waals surface area contributed by atoms with Gasteiger partial charge in [0.2, 0.25) is 0 Å². The molecule has 0 fully saturated rings. The van der Waals surface area contributed by atoms with Crippen LogP contribution < -0.4 is 31.8 Å². The molecule has 0 aliphatic heterocycles. The van der Waals surface area contributed by atoms with Gasteiger partial charge in [0.25, 0.3) is 0 Å². The van der Waals surface area contributed by atoms with E-state index in [1.807, 2.05) is 72.8 Å². The molecule has 5 aromatic rings. The van der Waals surface area contributed by atoms with E-state index in [0.29, 0.717) is 0 Å². The van der Waals surface area contributed by atoms with Gasteiger partial charge in [0.05, 0.1) is 0 Å². The average molecular weight is 703 g/mol. The maximum atomic E-state index is 16.4. The van der Waals surface area contributed by atoms with Crippen molar-refractivity contribution >= 4 is 46.1 Å². The third-order valence-corrected chi connectivity index (χ3v) is 16.1. The van der Waals surface area contributed by atoms with Crippen molar-refractivity contribution in [1.82, 2.24) is 0 Å². The second-order valence-electron chi connectivity index (χ2n) is 17.8. The van der Waals surface area contributed by atoms with Gasteiger partial charge in [-0.05, 0) is 43.9 Å². The number of benzene rings is 5. The lowest BCUT2D eigenvalue weighted by Gasteiger charge is -2.33. The quantitative estimate of drug-likeness (QED) is 0.165. The molecule has 0 aromatic heterocycles. The fraction of sp³-hybridized carbons (Fsp3) is 0.348. The Bertz CT molecular complexity index is 1820. The molecule has 4 heteroatoms. The van der Waals surface area contributed by atoms with E-state index in [1.54, 1.807) is 0 Å². The SMILES string of the molecule is CC(C)(C)c1ccccc1P(=O)(c1ccc(P(=O)(c2ccccc2C(C)(C)C)c2ccccc2C(C)(C)C)cc1)c1ccccc1C(C)(C)C. The first kappa shape index (κ1) is 37.8. The number of hydrogen-bond acceptors (Lipinski definition) is 2. The number of hydrogen-bond donors (Lipinski definition) is 0. The predicted molar refractivity (Wildman–Crippen MR) is 220 cm³/mol. The maximum Gasteiger partial charge on any atom is 0.171 e. The molecule has 0 aliphatic carbocycles. The summed E-state index contributed by atoms with van der Waals surface area (Å²) in [5, 5.41) is 4.92. The highest BCUT2D eigenvalue weighted by molar-refractivity contribution is 7.86. The smallest absolute Gasteiger partial charge is 0.171 e. The molecule has 0 unspecified atom stereocenters. The first-order chi connectivity index (χ1) is 23.1. The lowest BCUT2D eigenvalue weighted by atomic mass is 9.87. The van der Waals surface area contributed by atoms with Gasteiger partial charge in [-0.3, -0.25) is 0 Å². The Morgan fingerprint density at radius 1 is 0.300 bits per heavy atom. The molecule has 50 heavy (non-hydrogen) atoms. The maximum absolute atomic E-state index is 16.4. The Morgan fingerprint density at radius 2 is 0.480 bits per heavy atom. The summed E-state index contributed by atoms with van der Waals surface area (Å²) < 4.78 is 32.7. The fourth-order valence-electron chi connectivity index (χ4n) is 7.22. The van der Waals surface area contributed by atoms with Crippen molar-refractivity contribution in [1.29, 1.82) is 0 Å². The molecule has 0 bridgehead atoms. The van der Waals surface area contributed by atoms with Crippen molar-refractivity contribution in [2.24, 2.45) is 0 Å². The van der Waals surface area contributed by atoms with Gasteiger partial charge >= 0.3 is 0 Å². The molecule has 0 aliphatic rings. The molecule has 0 atom stereocenters. The molecule has 5 rings (SSSR count). The highest BCUT2D eigenvalue weighted by Crippen LogP contribution is 2.50. The molecule has 0 N–H and O–H groups in total. The highest BCUT2D eigenvalue weighted by atomic mass is 31.2. The predicted octanol–water partition coefficient (Wildman–Crippen LogP) is 10.2. The van der Waals surface area contributed by atoms with Crippen molar-refractivity contribution in [3.8, 4) is 0 Å². The van der Waals surface area contributed by atoms with E-state index < -0.39 is 14.3 Å². The standard InChI is InChI=1S/C46H56O2P2/c1-43(2,3)35-21-13-17-25-39(35)49(47,40-26-18-14-22-36(40)44(4,5)6)33-29-31-34(32-30-33)50(48,41-27-19-15-23-37(41)45(7,8)9)42-28-20-16-24-38(42)46(10,11)12/h13-32H,1-12H3. The van der Waals surface area contributed by atoms with Crippen LogP contribution in [0.1, 0.15) is 105 Å². The second-order valence-corrected chi connectivity index (χ2v) is 23.2. The minimum absolute atomic E-state index is 0.230. The molecule has 2 nitrogen and oxygen atoms in total. The highest BCUT2D eigenvalue weighted by Gasteiger charge is 2.41. The van der Waals surface area contributed by atoms with Crippen LogP contribution in [0.25, 0.3) is 0 Å². The van der Waals surface area contributed by atoms with Crippen molar-refractivity contribution in [3.05, 3.63) is 144 Å². The van der Waals surface area contributed by atoms with Crippen molar-refractivity contribution in [3.63, 3.8) is 0 Å². The molecular weight excluding hydrogens is 646 g/mol. The van der Waals surface area contributed by atoms with Crippen molar-refractivity contribution in [2.75, 3.05) is 0 Å². The topological polar surface area (TPSA) is 34.1 Å². The minimum atomic E-state index is -3.42. The van der Waals surface area contributed by atoms with Crippen LogP contribution in [0.3, 0.4) is 0 Å². The van der Waals surface area contributed by atoms with Gasteiger partial charge in [-0.2, -0.15) is 0 Å². The summed E-state index contributed by atoms with van der Waals surface area (Å²) in [7, 11) is -6.85. The Labute approximate surface area is 302 Å². The van der Waals surface area contributed by atoms with E-state index >= 15 is 9.13 Å². The molecule has 5 aromatic carbocycles. The zero-order valence-electron chi connectivity index (χ0n) is 32.3. The lowest BCUT2D eigenvalue weighted by Crippen LogP contribution is -2.36. The van der Waals surface area contributed by atoms with E-state index in [2.05, 4.69) is 132 Å². The Kier molecular flexibility index (Phi) is 10.0. The van der Waals surface area contributed by atoms with Crippen LogP contribution >= 0.6 is 14.3 Å². The van der Waals surface area contributed by atoms with Crippen LogP contribution in [0.15, 0.2) is 121 Å². The zero-order chi connectivity index (χ0) is 36.9. The van der Waals surface area contributed by atoms with E-state index in [0.717, 1.165) is 54.1 Å². The summed E-state index contributed by atoms with van der Waals surface area (Å²) in [6.07, 6.45) is 0. The minimum Gasteiger partial charge on any atom is -0.309 e. The second kappa shape index (κ2) is 13.3.